The van der Waals surface area contributed by atoms with E-state index < -0.39 is 0 Å². The molecule has 1 aliphatic heterocycles. The number of piperazine rings is 1. The van der Waals surface area contributed by atoms with Crippen molar-refractivity contribution in [2.45, 2.75) is 13.8 Å². The summed E-state index contributed by atoms with van der Waals surface area (Å²) in [5, 5.41) is 13.9. The molecule has 8 nitrogen and oxygen atoms in total. The number of benzene rings is 1. The summed E-state index contributed by atoms with van der Waals surface area (Å²) in [6.07, 6.45) is 1.82. The molecule has 0 radical (unpaired) electrons. The molecule has 1 aliphatic rings. The Morgan fingerprint density at radius 2 is 1.50 bits per heavy atom. The maximum Gasteiger partial charge on any atom is 0.176 e. The Morgan fingerprint density at radius 1 is 0.800 bits per heavy atom. The normalized spacial score (nSPS) is 14.5. The van der Waals surface area contributed by atoms with Crippen LogP contribution in [0.25, 0.3) is 16.9 Å². The second kappa shape index (κ2) is 7.53. The van der Waals surface area contributed by atoms with E-state index in [0.717, 1.165) is 66.1 Å². The van der Waals surface area contributed by atoms with Crippen molar-refractivity contribution < 1.29 is 0 Å². The highest BCUT2D eigenvalue weighted by molar-refractivity contribution is 6.31. The van der Waals surface area contributed by atoms with E-state index in [1.807, 2.05) is 61.1 Å². The SMILES string of the molecule is Cc1cc(C)n(-c2ccc(N3CCN(c4cnc5cc(Cl)ccc5n4)CC3)nn2)n1. The van der Waals surface area contributed by atoms with Gasteiger partial charge in [0.25, 0.3) is 0 Å². The molecule has 0 aliphatic carbocycles. The fourth-order valence-corrected chi connectivity index (χ4v) is 3.92. The maximum atomic E-state index is 6.04. The van der Waals surface area contributed by atoms with E-state index in [-0.39, 0.29) is 0 Å². The highest BCUT2D eigenvalue weighted by atomic mass is 35.5. The van der Waals surface area contributed by atoms with Crippen molar-refractivity contribution in [1.29, 1.82) is 0 Å². The van der Waals surface area contributed by atoms with Gasteiger partial charge in [0.05, 0.1) is 22.9 Å². The molecule has 152 valence electrons. The molecule has 4 heterocycles. The van der Waals surface area contributed by atoms with Gasteiger partial charge in [-0.3, -0.25) is 4.98 Å². The molecule has 0 atom stereocenters. The van der Waals surface area contributed by atoms with Gasteiger partial charge in [0.15, 0.2) is 11.6 Å². The summed E-state index contributed by atoms with van der Waals surface area (Å²) in [6, 6.07) is 11.6. The second-order valence-corrected chi connectivity index (χ2v) is 7.86. The first-order valence-electron chi connectivity index (χ1n) is 9.86. The van der Waals surface area contributed by atoms with Gasteiger partial charge in [-0.15, -0.1) is 10.2 Å². The van der Waals surface area contributed by atoms with E-state index in [4.69, 9.17) is 16.6 Å². The highest BCUT2D eigenvalue weighted by Gasteiger charge is 2.20. The number of hydrogen-bond acceptors (Lipinski definition) is 7. The maximum absolute atomic E-state index is 6.04. The first-order chi connectivity index (χ1) is 14.6. The van der Waals surface area contributed by atoms with E-state index in [1.165, 1.54) is 0 Å². The quantitative estimate of drug-likeness (QED) is 0.503. The molecule has 0 spiro atoms. The third-order valence-electron chi connectivity index (χ3n) is 5.28. The number of anilines is 2. The van der Waals surface area contributed by atoms with Crippen LogP contribution >= 0.6 is 11.6 Å². The van der Waals surface area contributed by atoms with Gasteiger partial charge in [-0.05, 0) is 50.2 Å². The molecule has 3 aromatic heterocycles. The predicted molar refractivity (Wildman–Crippen MR) is 118 cm³/mol. The Hall–Kier alpha value is -3.26. The van der Waals surface area contributed by atoms with Gasteiger partial charge in [0, 0.05) is 36.9 Å². The Bertz CT molecular complexity index is 1200. The van der Waals surface area contributed by atoms with Crippen molar-refractivity contribution in [3.63, 3.8) is 0 Å². The van der Waals surface area contributed by atoms with Crippen molar-refractivity contribution in [3.8, 4) is 5.82 Å². The van der Waals surface area contributed by atoms with Crippen LogP contribution in [0.3, 0.4) is 0 Å². The number of hydrogen-bond donors (Lipinski definition) is 0. The fraction of sp³-hybridized carbons (Fsp3) is 0.286. The number of rotatable bonds is 3. The number of aryl methyl sites for hydroxylation is 2. The zero-order chi connectivity index (χ0) is 20.7. The molecule has 5 rings (SSSR count). The van der Waals surface area contributed by atoms with E-state index in [1.54, 1.807) is 0 Å². The zero-order valence-corrected chi connectivity index (χ0v) is 17.6. The molecule has 1 saturated heterocycles. The fourth-order valence-electron chi connectivity index (χ4n) is 3.75. The first-order valence-corrected chi connectivity index (χ1v) is 10.2. The Labute approximate surface area is 179 Å². The van der Waals surface area contributed by atoms with Crippen molar-refractivity contribution in [2.75, 3.05) is 36.0 Å². The monoisotopic (exact) mass is 420 g/mol. The largest absolute Gasteiger partial charge is 0.352 e. The van der Waals surface area contributed by atoms with Crippen LogP contribution < -0.4 is 9.80 Å². The Balaban J connectivity index is 1.28. The molecule has 30 heavy (non-hydrogen) atoms. The van der Waals surface area contributed by atoms with Gasteiger partial charge in [-0.1, -0.05) is 11.6 Å². The van der Waals surface area contributed by atoms with Gasteiger partial charge < -0.3 is 9.80 Å². The lowest BCUT2D eigenvalue weighted by Gasteiger charge is -2.35. The molecule has 0 saturated carbocycles. The molecule has 4 aromatic rings. The number of halogens is 1. The summed E-state index contributed by atoms with van der Waals surface area (Å²) in [6.45, 7) is 7.35. The molecule has 1 aromatic carbocycles. The lowest BCUT2D eigenvalue weighted by molar-refractivity contribution is 0.636. The summed E-state index contributed by atoms with van der Waals surface area (Å²) in [5.41, 5.74) is 3.67. The highest BCUT2D eigenvalue weighted by Crippen LogP contribution is 2.21. The second-order valence-electron chi connectivity index (χ2n) is 7.42. The summed E-state index contributed by atoms with van der Waals surface area (Å²) >= 11 is 6.04. The number of aromatic nitrogens is 6. The van der Waals surface area contributed by atoms with Gasteiger partial charge in [-0.25, -0.2) is 9.67 Å². The average Bonchev–Trinajstić information content (AvgIpc) is 3.11. The van der Waals surface area contributed by atoms with Crippen LogP contribution in [-0.4, -0.2) is 56.1 Å². The summed E-state index contributed by atoms with van der Waals surface area (Å²) in [5.74, 6) is 2.49. The van der Waals surface area contributed by atoms with Gasteiger partial charge in [0.1, 0.15) is 5.82 Å². The van der Waals surface area contributed by atoms with E-state index in [2.05, 4.69) is 30.1 Å². The van der Waals surface area contributed by atoms with E-state index >= 15 is 0 Å². The minimum absolute atomic E-state index is 0.670. The summed E-state index contributed by atoms with van der Waals surface area (Å²) < 4.78 is 1.82. The van der Waals surface area contributed by atoms with E-state index in [0.29, 0.717) is 5.02 Å². The van der Waals surface area contributed by atoms with Crippen molar-refractivity contribution >= 4 is 34.3 Å². The zero-order valence-electron chi connectivity index (χ0n) is 16.8. The standard InChI is InChI=1S/C21H21ClN8/c1-14-11-15(2)30(27-14)20-6-5-19(25-26-20)28-7-9-29(10-8-28)21-13-23-18-12-16(22)3-4-17(18)24-21/h3-6,11-13H,7-10H2,1-2H3. The van der Waals surface area contributed by atoms with Crippen molar-refractivity contribution in [1.82, 2.24) is 29.9 Å². The molecule has 1 fully saturated rings. The number of fused-ring (bicyclic) bond motifs is 1. The molecule has 0 unspecified atom stereocenters. The first kappa shape index (κ1) is 18.7. The van der Waals surface area contributed by atoms with Crippen LogP contribution in [0, 0.1) is 13.8 Å². The van der Waals surface area contributed by atoms with Crippen LogP contribution in [0.15, 0.2) is 42.6 Å². The Morgan fingerprint density at radius 3 is 2.17 bits per heavy atom. The summed E-state index contributed by atoms with van der Waals surface area (Å²) in [4.78, 5) is 13.7. The molecule has 9 heteroatoms. The van der Waals surface area contributed by atoms with Crippen LogP contribution in [0.4, 0.5) is 11.6 Å². The third-order valence-corrected chi connectivity index (χ3v) is 5.52. The Kier molecular flexibility index (Phi) is 4.71. The van der Waals surface area contributed by atoms with E-state index in [9.17, 15) is 0 Å². The molecular weight excluding hydrogens is 400 g/mol. The van der Waals surface area contributed by atoms with Crippen molar-refractivity contribution in [2.24, 2.45) is 0 Å². The minimum atomic E-state index is 0.670. The van der Waals surface area contributed by atoms with Gasteiger partial charge in [-0.2, -0.15) is 5.10 Å². The van der Waals surface area contributed by atoms with Gasteiger partial charge in [0.2, 0.25) is 0 Å². The molecule has 0 bridgehead atoms. The predicted octanol–water partition coefficient (Wildman–Crippen LogP) is 3.20. The topological polar surface area (TPSA) is 75.9 Å². The third kappa shape index (κ3) is 3.54. The van der Waals surface area contributed by atoms with Crippen LogP contribution in [-0.2, 0) is 0 Å². The summed E-state index contributed by atoms with van der Waals surface area (Å²) in [7, 11) is 0. The van der Waals surface area contributed by atoms with Crippen molar-refractivity contribution in [3.05, 3.63) is 59.0 Å². The van der Waals surface area contributed by atoms with Crippen LogP contribution in [0.5, 0.6) is 0 Å². The van der Waals surface area contributed by atoms with Crippen LogP contribution in [0.2, 0.25) is 5.02 Å². The lowest BCUT2D eigenvalue weighted by atomic mass is 10.3. The molecular formula is C21H21ClN8. The lowest BCUT2D eigenvalue weighted by Crippen LogP contribution is -2.47. The minimum Gasteiger partial charge on any atom is -0.352 e. The van der Waals surface area contributed by atoms with Crippen LogP contribution in [0.1, 0.15) is 11.4 Å². The molecule has 0 amide bonds. The van der Waals surface area contributed by atoms with Gasteiger partial charge >= 0.3 is 0 Å². The number of nitrogens with zero attached hydrogens (tertiary/aromatic N) is 8. The average molecular weight is 421 g/mol. The smallest absolute Gasteiger partial charge is 0.176 e. The molecule has 0 N–H and O–H groups in total.